The fourth-order valence-electron chi connectivity index (χ4n) is 1.49. The predicted molar refractivity (Wildman–Crippen MR) is 72.8 cm³/mol. The Labute approximate surface area is 112 Å². The predicted octanol–water partition coefficient (Wildman–Crippen LogP) is 2.86. The summed E-state index contributed by atoms with van der Waals surface area (Å²) in [6, 6.07) is 8.07. The van der Waals surface area contributed by atoms with Gasteiger partial charge in [-0.3, -0.25) is 4.79 Å². The van der Waals surface area contributed by atoms with E-state index in [1.54, 1.807) is 18.7 Å². The zero-order valence-electron chi connectivity index (χ0n) is 10.8. The van der Waals surface area contributed by atoms with Gasteiger partial charge in [0.25, 0.3) is 0 Å². The van der Waals surface area contributed by atoms with Gasteiger partial charge in [0.1, 0.15) is 0 Å². The number of thioether (sulfide) groups is 1. The monoisotopic (exact) mass is 266 g/mol. The van der Waals surface area contributed by atoms with Crippen LogP contribution >= 0.6 is 11.8 Å². The van der Waals surface area contributed by atoms with Gasteiger partial charge in [-0.2, -0.15) is 0 Å². The molecule has 0 fully saturated rings. The molecule has 1 rings (SSSR count). The molecule has 1 aromatic rings. The van der Waals surface area contributed by atoms with Crippen LogP contribution in [0.2, 0.25) is 0 Å². The lowest BCUT2D eigenvalue weighted by atomic mass is 10.1. The Bertz CT molecular complexity index is 398. The summed E-state index contributed by atoms with van der Waals surface area (Å²) in [7, 11) is 0. The molecule has 4 heteroatoms. The van der Waals surface area contributed by atoms with Gasteiger partial charge in [0.05, 0.1) is 6.61 Å². The molecule has 0 aromatic heterocycles. The number of hydrogen-bond donors (Lipinski definition) is 0. The van der Waals surface area contributed by atoms with E-state index in [0.717, 1.165) is 11.3 Å². The molecule has 0 unspecified atom stereocenters. The summed E-state index contributed by atoms with van der Waals surface area (Å²) in [5.74, 6) is -0.139. The van der Waals surface area contributed by atoms with Crippen LogP contribution in [0.15, 0.2) is 29.2 Å². The molecule has 0 bridgehead atoms. The van der Waals surface area contributed by atoms with E-state index >= 15 is 0 Å². The average Bonchev–Trinajstić information content (AvgIpc) is 2.38. The molecule has 0 amide bonds. The second-order valence-electron chi connectivity index (χ2n) is 3.72. The number of Topliss-reactive ketones (excluding diaryl/α,β-unsaturated/α-hetero) is 1. The number of rotatable bonds is 7. The maximum Gasteiger partial charge on any atom is 0.374 e. The Balaban J connectivity index is 2.43. The smallest absolute Gasteiger partial charge is 0.374 e. The van der Waals surface area contributed by atoms with Crippen molar-refractivity contribution in [3.05, 3.63) is 29.8 Å². The second kappa shape index (κ2) is 7.93. The Morgan fingerprint density at radius 1 is 1.17 bits per heavy atom. The van der Waals surface area contributed by atoms with Crippen LogP contribution in [0.5, 0.6) is 0 Å². The van der Waals surface area contributed by atoms with Crippen molar-refractivity contribution in [3.63, 3.8) is 0 Å². The van der Waals surface area contributed by atoms with E-state index in [-0.39, 0.29) is 13.0 Å². The normalized spacial score (nSPS) is 10.1. The fraction of sp³-hybridized carbons (Fsp3) is 0.429. The van der Waals surface area contributed by atoms with Gasteiger partial charge in [0.15, 0.2) is 0 Å². The molecule has 98 valence electrons. The maximum atomic E-state index is 11.4. The van der Waals surface area contributed by atoms with Gasteiger partial charge in [-0.1, -0.05) is 19.1 Å². The van der Waals surface area contributed by atoms with Gasteiger partial charge in [-0.25, -0.2) is 4.79 Å². The molecule has 0 aliphatic heterocycles. The number of aryl methyl sites for hydroxylation is 1. The number of carbonyl (C=O) groups excluding carboxylic acids is 2. The summed E-state index contributed by atoms with van der Waals surface area (Å²) >= 11 is 1.78. The van der Waals surface area contributed by atoms with Crippen LogP contribution in [0.25, 0.3) is 0 Å². The van der Waals surface area contributed by atoms with E-state index in [2.05, 4.69) is 11.7 Å². The minimum atomic E-state index is -0.726. The molecule has 0 saturated heterocycles. The first kappa shape index (κ1) is 14.8. The van der Waals surface area contributed by atoms with Crippen LogP contribution in [0.1, 0.15) is 25.8 Å². The molecule has 0 radical (unpaired) electrons. The molecule has 0 saturated carbocycles. The van der Waals surface area contributed by atoms with Gasteiger partial charge >= 0.3 is 5.97 Å². The lowest BCUT2D eigenvalue weighted by Crippen LogP contribution is -2.17. The van der Waals surface area contributed by atoms with Crippen LogP contribution in [0, 0.1) is 0 Å². The van der Waals surface area contributed by atoms with Crippen molar-refractivity contribution in [3.8, 4) is 0 Å². The largest absolute Gasteiger partial charge is 0.460 e. The van der Waals surface area contributed by atoms with E-state index in [9.17, 15) is 9.59 Å². The number of ether oxygens (including phenoxy) is 1. The van der Waals surface area contributed by atoms with E-state index in [1.165, 1.54) is 4.90 Å². The molecule has 0 atom stereocenters. The quantitative estimate of drug-likeness (QED) is 0.432. The first-order chi connectivity index (χ1) is 8.67. The molecular formula is C14H18O3S. The molecular weight excluding hydrogens is 248 g/mol. The summed E-state index contributed by atoms with van der Waals surface area (Å²) < 4.78 is 4.65. The lowest BCUT2D eigenvalue weighted by molar-refractivity contribution is -0.153. The number of benzene rings is 1. The van der Waals surface area contributed by atoms with Crippen LogP contribution in [-0.2, 0) is 20.7 Å². The van der Waals surface area contributed by atoms with Gasteiger partial charge in [0, 0.05) is 11.3 Å². The highest BCUT2D eigenvalue weighted by molar-refractivity contribution is 7.99. The van der Waals surface area contributed by atoms with Gasteiger partial charge in [-0.05, 0) is 36.8 Å². The van der Waals surface area contributed by atoms with Crippen molar-refractivity contribution < 1.29 is 14.3 Å². The number of esters is 1. The average molecular weight is 266 g/mol. The van der Waals surface area contributed by atoms with E-state index < -0.39 is 11.8 Å². The molecule has 0 aliphatic carbocycles. The topological polar surface area (TPSA) is 43.4 Å². The van der Waals surface area contributed by atoms with Crippen molar-refractivity contribution >= 4 is 23.5 Å². The van der Waals surface area contributed by atoms with Crippen molar-refractivity contribution in [2.24, 2.45) is 0 Å². The number of hydrogen-bond acceptors (Lipinski definition) is 4. The van der Waals surface area contributed by atoms with E-state index in [0.29, 0.717) is 6.42 Å². The van der Waals surface area contributed by atoms with Gasteiger partial charge in [-0.15, -0.1) is 11.8 Å². The zero-order valence-corrected chi connectivity index (χ0v) is 11.6. The third-order valence-corrected chi connectivity index (χ3v) is 3.27. The fourth-order valence-corrected chi connectivity index (χ4v) is 2.15. The number of carbonyl (C=O) groups is 2. The highest BCUT2D eigenvalue weighted by atomic mass is 32.2. The highest BCUT2D eigenvalue weighted by Gasteiger charge is 2.14. The van der Waals surface area contributed by atoms with Gasteiger partial charge in [0.2, 0.25) is 5.78 Å². The van der Waals surface area contributed by atoms with Crippen LogP contribution < -0.4 is 0 Å². The summed E-state index contributed by atoms with van der Waals surface area (Å²) in [6.07, 6.45) is 0.786. The van der Waals surface area contributed by atoms with E-state index in [4.69, 9.17) is 0 Å². The van der Waals surface area contributed by atoms with Gasteiger partial charge < -0.3 is 4.74 Å². The highest BCUT2D eigenvalue weighted by Crippen LogP contribution is 2.18. The summed E-state index contributed by atoms with van der Waals surface area (Å²) in [5, 5.41) is 0. The van der Waals surface area contributed by atoms with Crippen molar-refractivity contribution in [2.45, 2.75) is 31.6 Å². The Morgan fingerprint density at radius 2 is 1.83 bits per heavy atom. The standard InChI is InChI=1S/C14H18O3S/c1-3-17-14(16)13(15)10-7-11-5-8-12(9-6-11)18-4-2/h5-6,8-9H,3-4,7,10H2,1-2H3. The Hall–Kier alpha value is -1.29. The molecule has 0 aliphatic rings. The zero-order chi connectivity index (χ0) is 13.4. The van der Waals surface area contributed by atoms with Crippen LogP contribution in [0.4, 0.5) is 0 Å². The minimum Gasteiger partial charge on any atom is -0.460 e. The summed E-state index contributed by atoms with van der Waals surface area (Å²) in [5.41, 5.74) is 1.06. The number of ketones is 1. The minimum absolute atomic E-state index is 0.207. The lowest BCUT2D eigenvalue weighted by Gasteiger charge is -2.03. The molecule has 0 N–H and O–H groups in total. The van der Waals surface area contributed by atoms with Crippen molar-refractivity contribution in [1.29, 1.82) is 0 Å². The molecule has 18 heavy (non-hydrogen) atoms. The maximum absolute atomic E-state index is 11.4. The van der Waals surface area contributed by atoms with Crippen LogP contribution in [-0.4, -0.2) is 24.1 Å². The summed E-state index contributed by atoms with van der Waals surface area (Å²) in [4.78, 5) is 23.7. The third kappa shape index (κ3) is 4.92. The SMILES string of the molecule is CCOC(=O)C(=O)CCc1ccc(SCC)cc1. The second-order valence-corrected chi connectivity index (χ2v) is 5.06. The first-order valence-electron chi connectivity index (χ1n) is 6.09. The van der Waals surface area contributed by atoms with Crippen molar-refractivity contribution in [2.75, 3.05) is 12.4 Å². The van der Waals surface area contributed by atoms with Crippen LogP contribution in [0.3, 0.4) is 0 Å². The Kier molecular flexibility index (Phi) is 6.50. The molecule has 0 spiro atoms. The molecule has 1 aromatic carbocycles. The Morgan fingerprint density at radius 3 is 2.39 bits per heavy atom. The first-order valence-corrected chi connectivity index (χ1v) is 7.07. The third-order valence-electron chi connectivity index (χ3n) is 2.38. The molecule has 0 heterocycles. The molecule has 3 nitrogen and oxygen atoms in total. The van der Waals surface area contributed by atoms with Crippen molar-refractivity contribution in [1.82, 2.24) is 0 Å². The summed E-state index contributed by atoms with van der Waals surface area (Å²) in [6.45, 7) is 4.04. The van der Waals surface area contributed by atoms with E-state index in [1.807, 2.05) is 24.3 Å².